The Morgan fingerprint density at radius 3 is 2.50 bits per heavy atom. The van der Waals surface area contributed by atoms with Crippen LogP contribution in [0.3, 0.4) is 0 Å². The van der Waals surface area contributed by atoms with Gasteiger partial charge in [-0.05, 0) is 36.1 Å². The monoisotopic (exact) mass is 387 g/mol. The first-order valence-corrected chi connectivity index (χ1v) is 10.2. The Balaban J connectivity index is 1.64. The summed E-state index contributed by atoms with van der Waals surface area (Å²) < 4.78 is 0. The highest BCUT2D eigenvalue weighted by molar-refractivity contribution is 7.09. The van der Waals surface area contributed by atoms with Crippen LogP contribution in [0.5, 0.6) is 0 Å². The third-order valence-corrected chi connectivity index (χ3v) is 5.63. The minimum Gasteiger partial charge on any atom is -0.330 e. The Labute approximate surface area is 168 Å². The van der Waals surface area contributed by atoms with Crippen molar-refractivity contribution in [3.8, 4) is 0 Å². The zero-order chi connectivity index (χ0) is 19.3. The molecule has 2 aromatic heterocycles. The summed E-state index contributed by atoms with van der Waals surface area (Å²) in [6, 6.07) is 21.9. The van der Waals surface area contributed by atoms with Crippen LogP contribution in [0.25, 0.3) is 11.0 Å². The van der Waals surface area contributed by atoms with Gasteiger partial charge in [0.2, 0.25) is 0 Å². The van der Waals surface area contributed by atoms with E-state index in [1.165, 1.54) is 4.88 Å². The maximum absolute atomic E-state index is 13.4. The molecule has 0 aliphatic heterocycles. The van der Waals surface area contributed by atoms with Crippen LogP contribution in [0.1, 0.15) is 27.9 Å². The van der Waals surface area contributed by atoms with Crippen molar-refractivity contribution < 1.29 is 4.79 Å². The van der Waals surface area contributed by atoms with Gasteiger partial charge in [-0.2, -0.15) is 0 Å². The first-order valence-electron chi connectivity index (χ1n) is 9.30. The van der Waals surface area contributed by atoms with Crippen molar-refractivity contribution in [3.05, 3.63) is 94.4 Å². The number of thiophene rings is 1. The van der Waals surface area contributed by atoms with E-state index in [2.05, 4.69) is 28.3 Å². The molecule has 0 aliphatic rings. The molecule has 0 saturated carbocycles. The Morgan fingerprint density at radius 2 is 1.75 bits per heavy atom. The predicted octanol–water partition coefficient (Wildman–Crippen LogP) is 4.96. The predicted molar refractivity (Wildman–Crippen MR) is 113 cm³/mol. The Hall–Kier alpha value is -3.05. The van der Waals surface area contributed by atoms with Gasteiger partial charge in [-0.15, -0.1) is 11.3 Å². The average Bonchev–Trinajstić information content (AvgIpc) is 3.25. The SMILES string of the molecule is C[C@@H](Cc1cccs1)N(Cc1ccccc1)C(=O)c1cnc2ccccc2n1. The van der Waals surface area contributed by atoms with E-state index in [0.717, 1.165) is 23.0 Å². The molecule has 0 saturated heterocycles. The smallest absolute Gasteiger partial charge is 0.274 e. The lowest BCUT2D eigenvalue weighted by molar-refractivity contribution is 0.0670. The summed E-state index contributed by atoms with van der Waals surface area (Å²) >= 11 is 1.72. The standard InChI is InChI=1S/C23H21N3OS/c1-17(14-19-10-7-13-28-19)26(16-18-8-3-2-4-9-18)23(27)22-15-24-20-11-5-6-12-21(20)25-22/h2-13,15,17H,14,16H2,1H3/t17-/m0/s1. The molecule has 2 aromatic carbocycles. The van der Waals surface area contributed by atoms with E-state index in [0.29, 0.717) is 12.2 Å². The molecule has 0 aliphatic carbocycles. The van der Waals surface area contributed by atoms with E-state index in [4.69, 9.17) is 0 Å². The highest BCUT2D eigenvalue weighted by Gasteiger charge is 2.24. The number of carbonyl (C=O) groups excluding carboxylic acids is 1. The van der Waals surface area contributed by atoms with Crippen molar-refractivity contribution in [1.82, 2.24) is 14.9 Å². The minimum absolute atomic E-state index is 0.0413. The number of hydrogen-bond donors (Lipinski definition) is 0. The number of amides is 1. The highest BCUT2D eigenvalue weighted by Crippen LogP contribution is 2.19. The minimum atomic E-state index is -0.0915. The highest BCUT2D eigenvalue weighted by atomic mass is 32.1. The maximum Gasteiger partial charge on any atom is 0.274 e. The first-order chi connectivity index (χ1) is 13.7. The molecule has 0 radical (unpaired) electrons. The van der Waals surface area contributed by atoms with E-state index in [9.17, 15) is 4.79 Å². The van der Waals surface area contributed by atoms with E-state index in [1.54, 1.807) is 17.5 Å². The van der Waals surface area contributed by atoms with Gasteiger partial charge in [-0.3, -0.25) is 9.78 Å². The lowest BCUT2D eigenvalue weighted by atomic mass is 10.1. The second kappa shape index (κ2) is 8.31. The van der Waals surface area contributed by atoms with Gasteiger partial charge < -0.3 is 4.90 Å². The summed E-state index contributed by atoms with van der Waals surface area (Å²) in [5.74, 6) is -0.0915. The lowest BCUT2D eigenvalue weighted by Gasteiger charge is -2.29. The van der Waals surface area contributed by atoms with Gasteiger partial charge in [0.05, 0.1) is 17.2 Å². The van der Waals surface area contributed by atoms with Crippen molar-refractivity contribution in [2.24, 2.45) is 0 Å². The molecule has 0 unspecified atom stereocenters. The molecule has 0 bridgehead atoms. The molecule has 0 N–H and O–H groups in total. The number of carbonyl (C=O) groups is 1. The zero-order valence-corrected chi connectivity index (χ0v) is 16.5. The summed E-state index contributed by atoms with van der Waals surface area (Å²) in [6.45, 7) is 2.63. The van der Waals surface area contributed by atoms with Crippen LogP contribution in [-0.4, -0.2) is 26.8 Å². The van der Waals surface area contributed by atoms with E-state index in [-0.39, 0.29) is 11.9 Å². The van der Waals surface area contributed by atoms with Crippen LogP contribution in [0.4, 0.5) is 0 Å². The molecule has 2 heterocycles. The molecule has 1 amide bonds. The number of para-hydroxylation sites is 2. The molecule has 0 spiro atoms. The first kappa shape index (κ1) is 18.3. The van der Waals surface area contributed by atoms with Gasteiger partial charge in [0.1, 0.15) is 5.69 Å². The normalized spacial score (nSPS) is 12.0. The lowest BCUT2D eigenvalue weighted by Crippen LogP contribution is -2.39. The van der Waals surface area contributed by atoms with E-state index < -0.39 is 0 Å². The topological polar surface area (TPSA) is 46.1 Å². The van der Waals surface area contributed by atoms with Crippen molar-refractivity contribution in [2.75, 3.05) is 0 Å². The fourth-order valence-corrected chi connectivity index (χ4v) is 4.07. The largest absolute Gasteiger partial charge is 0.330 e. The molecule has 5 heteroatoms. The quantitative estimate of drug-likeness (QED) is 0.469. The number of benzene rings is 2. The van der Waals surface area contributed by atoms with Crippen molar-refractivity contribution >= 4 is 28.3 Å². The fraction of sp³-hybridized carbons (Fsp3) is 0.174. The zero-order valence-electron chi connectivity index (χ0n) is 15.7. The van der Waals surface area contributed by atoms with E-state index in [1.807, 2.05) is 65.6 Å². The number of aromatic nitrogens is 2. The second-order valence-corrected chi connectivity index (χ2v) is 7.83. The van der Waals surface area contributed by atoms with Crippen LogP contribution >= 0.6 is 11.3 Å². The summed E-state index contributed by atoms with van der Waals surface area (Å²) in [5, 5.41) is 2.07. The molecule has 28 heavy (non-hydrogen) atoms. The number of rotatable bonds is 6. The van der Waals surface area contributed by atoms with Gasteiger partial charge >= 0.3 is 0 Å². The van der Waals surface area contributed by atoms with Crippen LogP contribution in [0, 0.1) is 0 Å². The van der Waals surface area contributed by atoms with Crippen LogP contribution in [0.15, 0.2) is 78.3 Å². The third-order valence-electron chi connectivity index (χ3n) is 4.73. The third kappa shape index (κ3) is 4.10. The second-order valence-electron chi connectivity index (χ2n) is 6.80. The summed E-state index contributed by atoms with van der Waals surface area (Å²) in [7, 11) is 0. The summed E-state index contributed by atoms with van der Waals surface area (Å²) in [4.78, 5) is 25.5. The number of hydrogen-bond acceptors (Lipinski definition) is 4. The van der Waals surface area contributed by atoms with Gasteiger partial charge in [0.15, 0.2) is 0 Å². The molecule has 4 aromatic rings. The Kier molecular flexibility index (Phi) is 5.44. The maximum atomic E-state index is 13.4. The summed E-state index contributed by atoms with van der Waals surface area (Å²) in [6.07, 6.45) is 2.40. The average molecular weight is 388 g/mol. The van der Waals surface area contributed by atoms with Crippen molar-refractivity contribution in [2.45, 2.75) is 25.9 Å². The molecule has 0 fully saturated rings. The van der Waals surface area contributed by atoms with Gasteiger partial charge in [0.25, 0.3) is 5.91 Å². The van der Waals surface area contributed by atoms with Crippen LogP contribution in [0.2, 0.25) is 0 Å². The molecule has 1 atom stereocenters. The van der Waals surface area contributed by atoms with Gasteiger partial charge in [0, 0.05) is 23.9 Å². The number of nitrogens with zero attached hydrogens (tertiary/aromatic N) is 3. The number of fused-ring (bicyclic) bond motifs is 1. The summed E-state index contributed by atoms with van der Waals surface area (Å²) in [5.41, 5.74) is 3.01. The molecular weight excluding hydrogens is 366 g/mol. The Bertz CT molecular complexity index is 1060. The van der Waals surface area contributed by atoms with E-state index >= 15 is 0 Å². The van der Waals surface area contributed by atoms with Crippen LogP contribution < -0.4 is 0 Å². The van der Waals surface area contributed by atoms with Crippen molar-refractivity contribution in [1.29, 1.82) is 0 Å². The molecular formula is C23H21N3OS. The molecule has 4 rings (SSSR count). The van der Waals surface area contributed by atoms with Crippen LogP contribution in [-0.2, 0) is 13.0 Å². The fourth-order valence-electron chi connectivity index (χ4n) is 3.25. The Morgan fingerprint density at radius 1 is 1.00 bits per heavy atom. The molecule has 4 nitrogen and oxygen atoms in total. The van der Waals surface area contributed by atoms with Crippen molar-refractivity contribution in [3.63, 3.8) is 0 Å². The van der Waals surface area contributed by atoms with Gasteiger partial charge in [-0.25, -0.2) is 4.98 Å². The van der Waals surface area contributed by atoms with Gasteiger partial charge in [-0.1, -0.05) is 48.5 Å². The molecule has 140 valence electrons.